The molecule has 0 heterocycles. The number of nitrogen functional groups attached to an aromatic ring is 2. The molecular weight excluding hydrogens is 392 g/mol. The predicted molar refractivity (Wildman–Crippen MR) is 78.0 cm³/mol. The van der Waals surface area contributed by atoms with Crippen LogP contribution in [0.4, 0.5) is 46.5 Å². The molecule has 0 fully saturated rings. The lowest BCUT2D eigenvalue weighted by atomic mass is 9.90. The largest absolute Gasteiger partial charge is 0.506 e. The summed E-state index contributed by atoms with van der Waals surface area (Å²) in [5.41, 5.74) is 0.391. The molecule has 0 saturated heterocycles. The van der Waals surface area contributed by atoms with Crippen LogP contribution >= 0.6 is 0 Å². The Bertz CT molecular complexity index is 819. The van der Waals surface area contributed by atoms with Crippen molar-refractivity contribution in [3.63, 3.8) is 0 Å². The molecule has 12 heteroatoms. The van der Waals surface area contributed by atoms with Gasteiger partial charge in [0.05, 0.1) is 22.5 Å². The SMILES string of the molecule is Nc1cc(C(F)(F)c2cc(O)c(N)cc2C(F)(F)F)c(C(F)(F)F)cc1O. The van der Waals surface area contributed by atoms with Gasteiger partial charge in [-0.2, -0.15) is 35.1 Å². The van der Waals surface area contributed by atoms with Crippen LogP contribution in [0.1, 0.15) is 22.3 Å². The maximum absolute atomic E-state index is 14.8. The van der Waals surface area contributed by atoms with Crippen LogP contribution in [0, 0.1) is 0 Å². The van der Waals surface area contributed by atoms with E-state index in [0.29, 0.717) is 0 Å². The van der Waals surface area contributed by atoms with Crippen LogP contribution in [0.2, 0.25) is 0 Å². The van der Waals surface area contributed by atoms with Gasteiger partial charge < -0.3 is 21.7 Å². The van der Waals surface area contributed by atoms with E-state index in [4.69, 9.17) is 11.5 Å². The fraction of sp³-hybridized carbons (Fsp3) is 0.200. The number of aromatic hydroxyl groups is 2. The monoisotopic (exact) mass is 402 g/mol. The Labute approximate surface area is 145 Å². The molecule has 0 aliphatic heterocycles. The highest BCUT2D eigenvalue weighted by atomic mass is 19.4. The highest BCUT2D eigenvalue weighted by molar-refractivity contribution is 5.62. The van der Waals surface area contributed by atoms with Crippen molar-refractivity contribution in [2.45, 2.75) is 18.3 Å². The number of phenolic OH excluding ortho intramolecular Hbond substituents is 2. The van der Waals surface area contributed by atoms with Crippen molar-refractivity contribution >= 4 is 11.4 Å². The molecule has 0 bridgehead atoms. The number of anilines is 2. The summed E-state index contributed by atoms with van der Waals surface area (Å²) in [6.45, 7) is 0. The molecule has 0 radical (unpaired) electrons. The fourth-order valence-electron chi connectivity index (χ4n) is 2.34. The van der Waals surface area contributed by atoms with Gasteiger partial charge in [-0.15, -0.1) is 0 Å². The van der Waals surface area contributed by atoms with Crippen LogP contribution in [0.25, 0.3) is 0 Å². The van der Waals surface area contributed by atoms with Crippen LogP contribution in [0.15, 0.2) is 24.3 Å². The molecule has 4 nitrogen and oxygen atoms in total. The van der Waals surface area contributed by atoms with Crippen molar-refractivity contribution in [2.75, 3.05) is 11.5 Å². The Hall–Kier alpha value is -2.92. The minimum absolute atomic E-state index is 0.0182. The molecule has 0 aliphatic carbocycles. The second-order valence-corrected chi connectivity index (χ2v) is 5.48. The van der Waals surface area contributed by atoms with Gasteiger partial charge in [-0.3, -0.25) is 0 Å². The minimum atomic E-state index is -5.45. The summed E-state index contributed by atoms with van der Waals surface area (Å²) in [4.78, 5) is 0. The first kappa shape index (κ1) is 20.4. The summed E-state index contributed by atoms with van der Waals surface area (Å²) in [6.07, 6.45) is -10.9. The molecule has 6 N–H and O–H groups in total. The maximum atomic E-state index is 14.8. The average Bonchev–Trinajstić information content (AvgIpc) is 2.49. The highest BCUT2D eigenvalue weighted by Gasteiger charge is 2.49. The van der Waals surface area contributed by atoms with E-state index >= 15 is 0 Å². The first-order valence-corrected chi connectivity index (χ1v) is 6.85. The molecule has 0 saturated carbocycles. The number of halogens is 8. The van der Waals surface area contributed by atoms with Gasteiger partial charge in [0.1, 0.15) is 11.5 Å². The molecule has 0 atom stereocenters. The molecule has 27 heavy (non-hydrogen) atoms. The number of alkyl halides is 8. The predicted octanol–water partition coefficient (Wildman–Crippen LogP) is 4.44. The quantitative estimate of drug-likeness (QED) is 0.340. The maximum Gasteiger partial charge on any atom is 0.417 e. The Kier molecular flexibility index (Phi) is 4.58. The number of rotatable bonds is 2. The van der Waals surface area contributed by atoms with Gasteiger partial charge in [-0.1, -0.05) is 0 Å². The van der Waals surface area contributed by atoms with Gasteiger partial charge in [0, 0.05) is 11.1 Å². The van der Waals surface area contributed by atoms with E-state index in [-0.39, 0.29) is 24.3 Å². The number of phenols is 2. The van der Waals surface area contributed by atoms with Crippen molar-refractivity contribution in [1.82, 2.24) is 0 Å². The first-order valence-electron chi connectivity index (χ1n) is 6.85. The number of nitrogens with two attached hydrogens (primary N) is 2. The summed E-state index contributed by atoms with van der Waals surface area (Å²) < 4.78 is 108. The topological polar surface area (TPSA) is 92.5 Å². The van der Waals surface area contributed by atoms with E-state index in [1.165, 1.54) is 0 Å². The molecule has 0 aliphatic rings. The molecule has 0 aromatic heterocycles. The van der Waals surface area contributed by atoms with Crippen molar-refractivity contribution in [1.29, 1.82) is 0 Å². The van der Waals surface area contributed by atoms with Gasteiger partial charge in [0.15, 0.2) is 0 Å². The van der Waals surface area contributed by atoms with E-state index in [9.17, 15) is 45.3 Å². The molecule has 0 amide bonds. The molecule has 0 spiro atoms. The van der Waals surface area contributed by atoms with Gasteiger partial charge in [0.25, 0.3) is 5.92 Å². The summed E-state index contributed by atoms with van der Waals surface area (Å²) in [7, 11) is 0. The van der Waals surface area contributed by atoms with Gasteiger partial charge >= 0.3 is 12.4 Å². The third-order valence-corrected chi connectivity index (χ3v) is 3.62. The Morgan fingerprint density at radius 2 is 0.852 bits per heavy atom. The summed E-state index contributed by atoms with van der Waals surface area (Å²) in [6, 6.07) is -0.189. The van der Waals surface area contributed by atoms with Crippen LogP contribution in [-0.2, 0) is 18.3 Å². The lowest BCUT2D eigenvalue weighted by Gasteiger charge is -2.25. The summed E-state index contributed by atoms with van der Waals surface area (Å²) in [5, 5.41) is 18.7. The van der Waals surface area contributed by atoms with E-state index in [1.807, 2.05) is 0 Å². The Balaban J connectivity index is 2.89. The van der Waals surface area contributed by atoms with Crippen LogP contribution < -0.4 is 11.5 Å². The zero-order chi connectivity index (χ0) is 20.9. The summed E-state index contributed by atoms with van der Waals surface area (Å²) in [5.74, 6) is -7.26. The highest BCUT2D eigenvalue weighted by Crippen LogP contribution is 2.50. The molecule has 2 rings (SSSR count). The van der Waals surface area contributed by atoms with Gasteiger partial charge in [-0.05, 0) is 24.3 Å². The second-order valence-electron chi connectivity index (χ2n) is 5.48. The van der Waals surface area contributed by atoms with Gasteiger partial charge in [0.2, 0.25) is 0 Å². The second kappa shape index (κ2) is 6.06. The zero-order valence-corrected chi connectivity index (χ0v) is 12.9. The molecule has 2 aromatic carbocycles. The lowest BCUT2D eigenvalue weighted by Crippen LogP contribution is -2.25. The third kappa shape index (κ3) is 3.64. The first-order chi connectivity index (χ1) is 12.1. The van der Waals surface area contributed by atoms with E-state index in [2.05, 4.69) is 0 Å². The van der Waals surface area contributed by atoms with E-state index < -0.39 is 63.4 Å². The molecule has 2 aromatic rings. The normalized spacial score (nSPS) is 13.0. The van der Waals surface area contributed by atoms with Crippen molar-refractivity contribution in [3.05, 3.63) is 46.5 Å². The van der Waals surface area contributed by atoms with Crippen molar-refractivity contribution in [2.24, 2.45) is 0 Å². The number of benzene rings is 2. The van der Waals surface area contributed by atoms with E-state index in [1.54, 1.807) is 0 Å². The van der Waals surface area contributed by atoms with Crippen LogP contribution in [-0.4, -0.2) is 10.2 Å². The summed E-state index contributed by atoms with van der Waals surface area (Å²) >= 11 is 0. The Morgan fingerprint density at radius 1 is 0.556 bits per heavy atom. The van der Waals surface area contributed by atoms with Crippen LogP contribution in [0.5, 0.6) is 11.5 Å². The lowest BCUT2D eigenvalue weighted by molar-refractivity contribution is -0.143. The molecule has 148 valence electrons. The zero-order valence-electron chi connectivity index (χ0n) is 12.9. The minimum Gasteiger partial charge on any atom is -0.506 e. The van der Waals surface area contributed by atoms with Crippen molar-refractivity contribution < 1.29 is 45.3 Å². The average molecular weight is 402 g/mol. The molecule has 0 unspecified atom stereocenters. The standard InChI is InChI=1S/C15H10F8N2O2/c16-13(17,5-1-9(24)12(27)4-8(5)15(21,22)23)6-3-11(26)10(25)2-7(6)14(18,19)20/h1-4,26-27H,24-25H2. The fourth-order valence-corrected chi connectivity index (χ4v) is 2.34. The molecular formula is C15H10F8N2O2. The third-order valence-electron chi connectivity index (χ3n) is 3.62. The number of hydrogen-bond donors (Lipinski definition) is 4. The Morgan fingerprint density at radius 3 is 1.26 bits per heavy atom. The smallest absolute Gasteiger partial charge is 0.417 e. The number of hydrogen-bond acceptors (Lipinski definition) is 4. The van der Waals surface area contributed by atoms with E-state index in [0.717, 1.165) is 0 Å². The van der Waals surface area contributed by atoms with Gasteiger partial charge in [-0.25, -0.2) is 0 Å². The van der Waals surface area contributed by atoms with Crippen molar-refractivity contribution in [3.8, 4) is 11.5 Å². The van der Waals surface area contributed by atoms with Crippen LogP contribution in [0.3, 0.4) is 0 Å².